The van der Waals surface area contributed by atoms with Gasteiger partial charge in [0.05, 0.1) is 11.9 Å². The van der Waals surface area contributed by atoms with E-state index in [1.54, 1.807) is 6.20 Å². The SMILES string of the molecule is CC(=O)NC(Cc1c[nH]c2ccccc12)C(=O)NCCc1cnn(-c2ccccc2)c1. The first-order valence-corrected chi connectivity index (χ1v) is 10.3. The maximum absolute atomic E-state index is 12.8. The summed E-state index contributed by atoms with van der Waals surface area (Å²) in [6.45, 7) is 1.89. The van der Waals surface area contributed by atoms with Crippen LogP contribution < -0.4 is 10.6 Å². The Morgan fingerprint density at radius 1 is 1.10 bits per heavy atom. The smallest absolute Gasteiger partial charge is 0.242 e. The lowest BCUT2D eigenvalue weighted by atomic mass is 10.0. The van der Waals surface area contributed by atoms with Crippen LogP contribution in [0.25, 0.3) is 16.6 Å². The second-order valence-electron chi connectivity index (χ2n) is 7.49. The van der Waals surface area contributed by atoms with Gasteiger partial charge in [-0.15, -0.1) is 0 Å². The number of H-pyrrole nitrogens is 1. The van der Waals surface area contributed by atoms with Crippen LogP contribution in [-0.2, 0) is 22.4 Å². The number of nitrogens with zero attached hydrogens (tertiary/aromatic N) is 2. The van der Waals surface area contributed by atoms with Gasteiger partial charge in [0, 0.05) is 43.2 Å². The Bertz CT molecular complexity index is 1180. The van der Waals surface area contributed by atoms with Crippen LogP contribution >= 0.6 is 0 Å². The molecule has 0 aliphatic rings. The summed E-state index contributed by atoms with van der Waals surface area (Å²) in [5, 5.41) is 11.2. The molecule has 2 heterocycles. The summed E-state index contributed by atoms with van der Waals surface area (Å²) < 4.78 is 1.81. The Morgan fingerprint density at radius 2 is 1.87 bits per heavy atom. The van der Waals surface area contributed by atoms with E-state index in [1.807, 2.05) is 71.7 Å². The molecule has 2 aromatic carbocycles. The quantitative estimate of drug-likeness (QED) is 0.413. The number of aromatic amines is 1. The molecule has 0 saturated heterocycles. The Balaban J connectivity index is 1.37. The fourth-order valence-electron chi connectivity index (χ4n) is 3.64. The van der Waals surface area contributed by atoms with Crippen LogP contribution in [0, 0.1) is 0 Å². The summed E-state index contributed by atoms with van der Waals surface area (Å²) >= 11 is 0. The highest BCUT2D eigenvalue weighted by Gasteiger charge is 2.21. The van der Waals surface area contributed by atoms with Gasteiger partial charge in [0.25, 0.3) is 0 Å². The van der Waals surface area contributed by atoms with Gasteiger partial charge in [0.2, 0.25) is 11.8 Å². The Kier molecular flexibility index (Phi) is 6.12. The lowest BCUT2D eigenvalue weighted by Crippen LogP contribution is -2.47. The van der Waals surface area contributed by atoms with Crippen LogP contribution in [0.2, 0.25) is 0 Å². The summed E-state index contributed by atoms with van der Waals surface area (Å²) in [5.41, 5.74) is 4.02. The van der Waals surface area contributed by atoms with Crippen molar-refractivity contribution in [3.63, 3.8) is 0 Å². The topological polar surface area (TPSA) is 91.8 Å². The van der Waals surface area contributed by atoms with E-state index in [0.717, 1.165) is 27.7 Å². The molecule has 2 amide bonds. The first kappa shape index (κ1) is 20.4. The summed E-state index contributed by atoms with van der Waals surface area (Å²) in [6.07, 6.45) is 6.72. The second-order valence-corrected chi connectivity index (χ2v) is 7.49. The maximum atomic E-state index is 12.8. The highest BCUT2D eigenvalue weighted by molar-refractivity contribution is 5.89. The number of aromatic nitrogens is 3. The third-order valence-electron chi connectivity index (χ3n) is 5.16. The number of para-hydroxylation sites is 2. The predicted molar refractivity (Wildman–Crippen MR) is 120 cm³/mol. The van der Waals surface area contributed by atoms with Crippen LogP contribution in [0.1, 0.15) is 18.1 Å². The third kappa shape index (κ3) is 5.01. The van der Waals surface area contributed by atoms with Gasteiger partial charge in [-0.1, -0.05) is 36.4 Å². The zero-order valence-electron chi connectivity index (χ0n) is 17.3. The molecule has 0 fully saturated rings. The van der Waals surface area contributed by atoms with Gasteiger partial charge < -0.3 is 15.6 Å². The van der Waals surface area contributed by atoms with Gasteiger partial charge in [0.15, 0.2) is 0 Å². The van der Waals surface area contributed by atoms with Crippen molar-refractivity contribution in [1.29, 1.82) is 0 Å². The number of nitrogens with one attached hydrogen (secondary N) is 3. The van der Waals surface area contributed by atoms with Crippen LogP contribution in [0.4, 0.5) is 0 Å². The standard InChI is InChI=1S/C24H25N5O2/c1-17(30)28-23(13-19-15-26-22-10-6-5-9-21(19)22)24(31)25-12-11-18-14-27-29(16-18)20-7-3-2-4-8-20/h2-10,14-16,23,26H,11-13H2,1H3,(H,25,31)(H,28,30). The lowest BCUT2D eigenvalue weighted by Gasteiger charge is -2.17. The van der Waals surface area contributed by atoms with Crippen molar-refractivity contribution in [2.75, 3.05) is 6.54 Å². The number of carbonyl (C=O) groups is 2. The minimum absolute atomic E-state index is 0.198. The molecule has 158 valence electrons. The molecule has 1 unspecified atom stereocenters. The molecular weight excluding hydrogens is 390 g/mol. The third-order valence-corrected chi connectivity index (χ3v) is 5.16. The first-order chi connectivity index (χ1) is 15.1. The van der Waals surface area contributed by atoms with Crippen molar-refractivity contribution in [1.82, 2.24) is 25.4 Å². The molecule has 4 aromatic rings. The number of benzene rings is 2. The Hall–Kier alpha value is -3.87. The van der Waals surface area contributed by atoms with Gasteiger partial charge in [-0.2, -0.15) is 5.10 Å². The molecule has 0 saturated carbocycles. The van der Waals surface area contributed by atoms with Crippen LogP contribution in [0.3, 0.4) is 0 Å². The molecule has 2 aromatic heterocycles. The predicted octanol–water partition coefficient (Wildman–Crippen LogP) is 2.76. The number of amides is 2. The highest BCUT2D eigenvalue weighted by atomic mass is 16.2. The van der Waals surface area contributed by atoms with E-state index in [4.69, 9.17) is 0 Å². The molecule has 7 nitrogen and oxygen atoms in total. The van der Waals surface area contributed by atoms with Crippen molar-refractivity contribution in [2.24, 2.45) is 0 Å². The zero-order valence-corrected chi connectivity index (χ0v) is 17.3. The van der Waals surface area contributed by atoms with Crippen LogP contribution in [0.5, 0.6) is 0 Å². The van der Waals surface area contributed by atoms with E-state index in [-0.39, 0.29) is 11.8 Å². The minimum Gasteiger partial charge on any atom is -0.361 e. The van der Waals surface area contributed by atoms with Gasteiger partial charge in [-0.3, -0.25) is 9.59 Å². The maximum Gasteiger partial charge on any atom is 0.242 e. The fourth-order valence-corrected chi connectivity index (χ4v) is 3.64. The Labute approximate surface area is 180 Å². The average molecular weight is 415 g/mol. The van der Waals surface area contributed by atoms with E-state index in [9.17, 15) is 9.59 Å². The number of carbonyl (C=O) groups excluding carboxylic acids is 2. The van der Waals surface area contributed by atoms with Crippen LogP contribution in [0.15, 0.2) is 73.2 Å². The molecule has 4 rings (SSSR count). The normalized spacial score (nSPS) is 11.9. The molecule has 0 aliphatic heterocycles. The molecular formula is C24H25N5O2. The van der Waals surface area contributed by atoms with Gasteiger partial charge in [0.1, 0.15) is 6.04 Å². The summed E-state index contributed by atoms with van der Waals surface area (Å²) in [6, 6.07) is 17.1. The Morgan fingerprint density at radius 3 is 2.68 bits per heavy atom. The largest absolute Gasteiger partial charge is 0.361 e. The second kappa shape index (κ2) is 9.30. The number of fused-ring (bicyclic) bond motifs is 1. The average Bonchev–Trinajstić information content (AvgIpc) is 3.41. The van der Waals surface area contributed by atoms with E-state index in [1.165, 1.54) is 6.92 Å². The minimum atomic E-state index is -0.635. The van der Waals surface area contributed by atoms with Crippen molar-refractivity contribution in [3.05, 3.63) is 84.3 Å². The molecule has 7 heteroatoms. The monoisotopic (exact) mass is 415 g/mol. The van der Waals surface area contributed by atoms with Gasteiger partial charge in [-0.05, 0) is 35.7 Å². The molecule has 0 radical (unpaired) electrons. The van der Waals surface area contributed by atoms with E-state index >= 15 is 0 Å². The van der Waals surface area contributed by atoms with E-state index in [0.29, 0.717) is 19.4 Å². The fraction of sp³-hybridized carbons (Fsp3) is 0.208. The summed E-state index contributed by atoms with van der Waals surface area (Å²) in [7, 11) is 0. The zero-order chi connectivity index (χ0) is 21.6. The van der Waals surface area contributed by atoms with Crippen molar-refractivity contribution < 1.29 is 9.59 Å². The molecule has 0 aliphatic carbocycles. The molecule has 0 spiro atoms. The number of rotatable bonds is 8. The van der Waals surface area contributed by atoms with E-state index < -0.39 is 6.04 Å². The highest BCUT2D eigenvalue weighted by Crippen LogP contribution is 2.19. The van der Waals surface area contributed by atoms with Gasteiger partial charge in [-0.25, -0.2) is 4.68 Å². The first-order valence-electron chi connectivity index (χ1n) is 10.3. The van der Waals surface area contributed by atoms with Crippen LogP contribution in [-0.4, -0.2) is 39.2 Å². The molecule has 3 N–H and O–H groups in total. The number of hydrogen-bond acceptors (Lipinski definition) is 3. The van der Waals surface area contributed by atoms with E-state index in [2.05, 4.69) is 20.7 Å². The molecule has 0 bridgehead atoms. The summed E-state index contributed by atoms with van der Waals surface area (Å²) in [4.78, 5) is 27.7. The number of hydrogen-bond donors (Lipinski definition) is 3. The molecule has 31 heavy (non-hydrogen) atoms. The van der Waals surface area contributed by atoms with Gasteiger partial charge >= 0.3 is 0 Å². The van der Waals surface area contributed by atoms with Crippen molar-refractivity contribution in [2.45, 2.75) is 25.8 Å². The molecule has 1 atom stereocenters. The lowest BCUT2D eigenvalue weighted by molar-refractivity contribution is -0.128. The van der Waals surface area contributed by atoms with Crippen molar-refractivity contribution in [3.8, 4) is 5.69 Å². The van der Waals surface area contributed by atoms with Crippen molar-refractivity contribution >= 4 is 22.7 Å². The summed E-state index contributed by atoms with van der Waals surface area (Å²) in [5.74, 6) is -0.430.